The number of hydrogen-bond donors (Lipinski definition) is 1. The fourth-order valence-electron chi connectivity index (χ4n) is 1.54. The highest BCUT2D eigenvalue weighted by Crippen LogP contribution is 2.25. The zero-order valence-electron chi connectivity index (χ0n) is 11.1. The van der Waals surface area contributed by atoms with E-state index in [1.165, 1.54) is 11.8 Å². The van der Waals surface area contributed by atoms with Crippen LogP contribution in [0.1, 0.15) is 12.5 Å². The van der Waals surface area contributed by atoms with Gasteiger partial charge in [0, 0.05) is 23.1 Å². The molecule has 2 rings (SSSR count). The number of rotatable bonds is 4. The van der Waals surface area contributed by atoms with E-state index in [4.69, 9.17) is 11.6 Å². The summed E-state index contributed by atoms with van der Waals surface area (Å²) >= 11 is 7.34. The topological polar surface area (TPSA) is 54.9 Å². The number of hydrogen-bond acceptors (Lipinski definition) is 4. The van der Waals surface area contributed by atoms with Crippen molar-refractivity contribution in [2.75, 3.05) is 5.32 Å². The van der Waals surface area contributed by atoms with Crippen LogP contribution in [0.3, 0.4) is 0 Å². The van der Waals surface area contributed by atoms with Crippen LogP contribution in [-0.4, -0.2) is 21.1 Å². The summed E-state index contributed by atoms with van der Waals surface area (Å²) in [6, 6.07) is 7.17. The lowest BCUT2D eigenvalue weighted by molar-refractivity contribution is -0.115. The highest BCUT2D eigenvalue weighted by molar-refractivity contribution is 8.00. The number of benzene rings is 1. The van der Waals surface area contributed by atoms with Gasteiger partial charge in [0.1, 0.15) is 0 Å². The van der Waals surface area contributed by atoms with Crippen molar-refractivity contribution in [2.45, 2.75) is 24.3 Å². The van der Waals surface area contributed by atoms with Gasteiger partial charge in [0.15, 0.2) is 5.16 Å². The molecular weight excluding hydrogens is 294 g/mol. The van der Waals surface area contributed by atoms with Crippen LogP contribution >= 0.6 is 23.4 Å². The van der Waals surface area contributed by atoms with Crippen molar-refractivity contribution in [3.63, 3.8) is 0 Å². The summed E-state index contributed by atoms with van der Waals surface area (Å²) in [7, 11) is 0. The third-order valence-electron chi connectivity index (χ3n) is 2.72. The molecule has 0 saturated carbocycles. The summed E-state index contributed by atoms with van der Waals surface area (Å²) in [5.41, 5.74) is 1.58. The number of thioether (sulfide) groups is 1. The first-order chi connectivity index (χ1) is 9.58. The smallest absolute Gasteiger partial charge is 0.237 e. The predicted molar refractivity (Wildman–Crippen MR) is 82.2 cm³/mol. The third-order valence-corrected chi connectivity index (χ3v) is 4.12. The van der Waals surface area contributed by atoms with E-state index < -0.39 is 0 Å². The summed E-state index contributed by atoms with van der Waals surface area (Å²) in [5.74, 6) is -0.104. The number of carbonyl (C=O) groups excluding carboxylic acids is 1. The second-order valence-electron chi connectivity index (χ2n) is 4.19. The van der Waals surface area contributed by atoms with E-state index >= 15 is 0 Å². The van der Waals surface area contributed by atoms with Crippen molar-refractivity contribution in [3.8, 4) is 0 Å². The summed E-state index contributed by atoms with van der Waals surface area (Å²) in [4.78, 5) is 20.3. The Hall–Kier alpha value is -1.59. The molecule has 0 saturated heterocycles. The van der Waals surface area contributed by atoms with Crippen LogP contribution in [-0.2, 0) is 4.79 Å². The Morgan fingerprint density at radius 3 is 2.70 bits per heavy atom. The van der Waals surface area contributed by atoms with E-state index in [9.17, 15) is 4.79 Å². The normalized spacial score (nSPS) is 11.9. The van der Waals surface area contributed by atoms with Crippen LogP contribution in [0.25, 0.3) is 0 Å². The van der Waals surface area contributed by atoms with Crippen LogP contribution in [0.4, 0.5) is 5.69 Å². The number of amides is 1. The van der Waals surface area contributed by atoms with Gasteiger partial charge in [0.2, 0.25) is 5.91 Å². The van der Waals surface area contributed by atoms with Crippen molar-refractivity contribution in [1.82, 2.24) is 9.97 Å². The Morgan fingerprint density at radius 2 is 2.00 bits per heavy atom. The maximum absolute atomic E-state index is 12.1. The molecule has 0 aliphatic carbocycles. The van der Waals surface area contributed by atoms with Gasteiger partial charge in [0.05, 0.1) is 5.25 Å². The van der Waals surface area contributed by atoms with E-state index in [2.05, 4.69) is 15.3 Å². The Morgan fingerprint density at radius 1 is 1.30 bits per heavy atom. The van der Waals surface area contributed by atoms with Crippen molar-refractivity contribution >= 4 is 35.0 Å². The molecular formula is C14H14ClN3OS. The number of nitrogens with zero attached hydrogens (tertiary/aromatic N) is 2. The highest BCUT2D eigenvalue weighted by Gasteiger charge is 2.16. The highest BCUT2D eigenvalue weighted by atomic mass is 35.5. The number of aromatic nitrogens is 2. The van der Waals surface area contributed by atoms with Crippen molar-refractivity contribution in [2.24, 2.45) is 0 Å². The third kappa shape index (κ3) is 3.71. The fraction of sp³-hybridized carbons (Fsp3) is 0.214. The molecule has 1 aromatic carbocycles. The van der Waals surface area contributed by atoms with E-state index in [0.29, 0.717) is 10.2 Å². The molecule has 2 aromatic rings. The SMILES string of the molecule is Cc1c(Cl)cccc1NC(=O)C(C)Sc1ncccn1. The fourth-order valence-corrected chi connectivity index (χ4v) is 2.44. The summed E-state index contributed by atoms with van der Waals surface area (Å²) in [6.07, 6.45) is 3.31. The minimum absolute atomic E-state index is 0.104. The maximum Gasteiger partial charge on any atom is 0.237 e. The molecule has 0 spiro atoms. The molecule has 0 aliphatic rings. The molecule has 20 heavy (non-hydrogen) atoms. The second kappa shape index (κ2) is 6.72. The lowest BCUT2D eigenvalue weighted by Crippen LogP contribution is -2.23. The quantitative estimate of drug-likeness (QED) is 0.693. The maximum atomic E-state index is 12.1. The molecule has 6 heteroatoms. The molecule has 1 amide bonds. The Bertz CT molecular complexity index is 607. The van der Waals surface area contributed by atoms with Crippen molar-refractivity contribution in [1.29, 1.82) is 0 Å². The van der Waals surface area contributed by atoms with Crippen LogP contribution < -0.4 is 5.32 Å². The molecule has 4 nitrogen and oxygen atoms in total. The van der Waals surface area contributed by atoms with Gasteiger partial charge in [-0.1, -0.05) is 29.4 Å². The van der Waals surface area contributed by atoms with E-state index in [1.807, 2.05) is 26.0 Å². The van der Waals surface area contributed by atoms with E-state index in [-0.39, 0.29) is 11.2 Å². The number of anilines is 1. The van der Waals surface area contributed by atoms with Gasteiger partial charge in [-0.3, -0.25) is 4.79 Å². The minimum atomic E-state index is -0.296. The zero-order valence-corrected chi connectivity index (χ0v) is 12.7. The van der Waals surface area contributed by atoms with Gasteiger partial charge in [0.25, 0.3) is 0 Å². The first kappa shape index (κ1) is 14.8. The summed E-state index contributed by atoms with van der Waals surface area (Å²) in [6.45, 7) is 3.69. The molecule has 0 aliphatic heterocycles. The van der Waals surface area contributed by atoms with Crippen LogP contribution in [0, 0.1) is 6.92 Å². The zero-order chi connectivity index (χ0) is 14.5. The standard InChI is InChI=1S/C14H14ClN3OS/c1-9-11(15)5-3-6-12(9)18-13(19)10(2)20-14-16-7-4-8-17-14/h3-8,10H,1-2H3,(H,18,19). The molecule has 0 radical (unpaired) electrons. The summed E-state index contributed by atoms with van der Waals surface area (Å²) < 4.78 is 0. The summed E-state index contributed by atoms with van der Waals surface area (Å²) in [5, 5.41) is 3.79. The van der Waals surface area contributed by atoms with Gasteiger partial charge < -0.3 is 5.32 Å². The molecule has 0 bridgehead atoms. The first-order valence-corrected chi connectivity index (χ1v) is 7.33. The Labute approximate surface area is 127 Å². The average molecular weight is 308 g/mol. The van der Waals surface area contributed by atoms with Gasteiger partial charge in [-0.25, -0.2) is 9.97 Å². The van der Waals surface area contributed by atoms with Crippen LogP contribution in [0.5, 0.6) is 0 Å². The lowest BCUT2D eigenvalue weighted by atomic mass is 10.2. The predicted octanol–water partition coefficient (Wildman–Crippen LogP) is 3.56. The minimum Gasteiger partial charge on any atom is -0.325 e. The van der Waals surface area contributed by atoms with Gasteiger partial charge >= 0.3 is 0 Å². The lowest BCUT2D eigenvalue weighted by Gasteiger charge is -2.13. The molecule has 1 aromatic heterocycles. The second-order valence-corrected chi connectivity index (χ2v) is 5.91. The molecule has 1 N–H and O–H groups in total. The van der Waals surface area contributed by atoms with Gasteiger partial charge in [-0.15, -0.1) is 0 Å². The van der Waals surface area contributed by atoms with E-state index in [1.54, 1.807) is 24.5 Å². The Kier molecular flexibility index (Phi) is 4.98. The van der Waals surface area contributed by atoms with Crippen LogP contribution in [0.2, 0.25) is 5.02 Å². The number of carbonyl (C=O) groups is 1. The molecule has 1 unspecified atom stereocenters. The molecule has 104 valence electrons. The number of nitrogens with one attached hydrogen (secondary N) is 1. The Balaban J connectivity index is 2.03. The molecule has 0 fully saturated rings. The molecule has 1 heterocycles. The van der Waals surface area contributed by atoms with Crippen molar-refractivity contribution in [3.05, 3.63) is 47.2 Å². The average Bonchev–Trinajstić information content (AvgIpc) is 2.45. The largest absolute Gasteiger partial charge is 0.325 e. The monoisotopic (exact) mass is 307 g/mol. The van der Waals surface area contributed by atoms with Gasteiger partial charge in [-0.2, -0.15) is 0 Å². The number of halogens is 1. The van der Waals surface area contributed by atoms with E-state index in [0.717, 1.165) is 11.3 Å². The molecule has 1 atom stereocenters. The van der Waals surface area contributed by atoms with Crippen molar-refractivity contribution < 1.29 is 4.79 Å². The van der Waals surface area contributed by atoms with Crippen LogP contribution in [0.15, 0.2) is 41.8 Å². The van der Waals surface area contributed by atoms with Gasteiger partial charge in [-0.05, 0) is 37.6 Å². The first-order valence-electron chi connectivity index (χ1n) is 6.07.